The molecule has 2 rings (SSSR count). The van der Waals surface area contributed by atoms with E-state index in [1.54, 1.807) is 48.5 Å². The molecule has 2 aromatic rings. The SMILES string of the molecule is [C-]#[N+]c1cccc(C(=O)c2cccc([N+]#[C-])c2)c1. The second kappa shape index (κ2) is 4.95. The predicted molar refractivity (Wildman–Crippen MR) is 68.8 cm³/mol. The Morgan fingerprint density at radius 3 is 1.67 bits per heavy atom. The summed E-state index contributed by atoms with van der Waals surface area (Å²) in [5, 5.41) is 0. The van der Waals surface area contributed by atoms with E-state index in [1.807, 2.05) is 0 Å². The van der Waals surface area contributed by atoms with E-state index in [1.165, 1.54) is 0 Å². The molecule has 0 bridgehead atoms. The van der Waals surface area contributed by atoms with Gasteiger partial charge in [0, 0.05) is 11.1 Å². The van der Waals surface area contributed by atoms with Gasteiger partial charge in [-0.1, -0.05) is 36.4 Å². The van der Waals surface area contributed by atoms with E-state index in [0.717, 1.165) is 0 Å². The average Bonchev–Trinajstić information content (AvgIpc) is 2.46. The van der Waals surface area contributed by atoms with Crippen LogP contribution in [0.2, 0.25) is 0 Å². The molecule has 3 heteroatoms. The summed E-state index contributed by atoms with van der Waals surface area (Å²) in [6.45, 7) is 13.8. The maximum Gasteiger partial charge on any atom is 0.190 e. The molecule has 0 atom stereocenters. The molecular formula is C15H8N2O. The topological polar surface area (TPSA) is 25.8 Å². The van der Waals surface area contributed by atoms with Gasteiger partial charge in [0.2, 0.25) is 0 Å². The summed E-state index contributed by atoms with van der Waals surface area (Å²) in [5.74, 6) is -0.175. The largest absolute Gasteiger partial charge is 0.289 e. The van der Waals surface area contributed by atoms with Crippen LogP contribution in [0.4, 0.5) is 11.4 Å². The summed E-state index contributed by atoms with van der Waals surface area (Å²) in [6, 6.07) is 13.1. The molecule has 0 N–H and O–H groups in total. The van der Waals surface area contributed by atoms with Crippen molar-refractivity contribution in [3.8, 4) is 0 Å². The molecule has 0 saturated heterocycles. The minimum Gasteiger partial charge on any atom is -0.289 e. The highest BCUT2D eigenvalue weighted by atomic mass is 16.1. The normalized spacial score (nSPS) is 9.22. The van der Waals surface area contributed by atoms with Gasteiger partial charge in [-0.2, -0.15) is 0 Å². The zero-order chi connectivity index (χ0) is 13.0. The van der Waals surface area contributed by atoms with Crippen molar-refractivity contribution in [2.24, 2.45) is 0 Å². The molecule has 84 valence electrons. The monoisotopic (exact) mass is 232 g/mol. The number of rotatable bonds is 2. The van der Waals surface area contributed by atoms with Crippen LogP contribution in [0.5, 0.6) is 0 Å². The standard InChI is InChI=1S/C15H8N2O/c1-16-13-7-3-5-11(9-13)15(18)12-6-4-8-14(10-12)17-2/h3-10H. The number of nitrogens with zero attached hydrogens (tertiary/aromatic N) is 2. The Labute approximate surface area is 105 Å². The van der Waals surface area contributed by atoms with Gasteiger partial charge in [0.05, 0.1) is 13.1 Å². The Hall–Kier alpha value is -2.91. The molecule has 3 nitrogen and oxygen atoms in total. The van der Waals surface area contributed by atoms with Crippen molar-refractivity contribution in [2.45, 2.75) is 0 Å². The van der Waals surface area contributed by atoms with Crippen molar-refractivity contribution in [3.63, 3.8) is 0 Å². The van der Waals surface area contributed by atoms with Crippen LogP contribution in [0.3, 0.4) is 0 Å². The van der Waals surface area contributed by atoms with Crippen LogP contribution in [-0.2, 0) is 0 Å². The van der Waals surface area contributed by atoms with Crippen molar-refractivity contribution in [1.29, 1.82) is 0 Å². The van der Waals surface area contributed by atoms with Crippen LogP contribution in [0.15, 0.2) is 48.5 Å². The second-order valence-electron chi connectivity index (χ2n) is 3.65. The lowest BCUT2D eigenvalue weighted by molar-refractivity contribution is 0.103. The first-order chi connectivity index (χ1) is 8.74. The molecule has 0 aliphatic carbocycles. The molecule has 0 spiro atoms. The first-order valence-corrected chi connectivity index (χ1v) is 5.24. The Kier molecular flexibility index (Phi) is 3.18. The lowest BCUT2D eigenvalue weighted by Gasteiger charge is -2.02. The van der Waals surface area contributed by atoms with E-state index in [2.05, 4.69) is 9.69 Å². The van der Waals surface area contributed by atoms with Crippen molar-refractivity contribution in [1.82, 2.24) is 0 Å². The number of benzene rings is 2. The van der Waals surface area contributed by atoms with Gasteiger partial charge >= 0.3 is 0 Å². The van der Waals surface area contributed by atoms with E-state index < -0.39 is 0 Å². The maximum absolute atomic E-state index is 12.2. The van der Waals surface area contributed by atoms with Crippen LogP contribution >= 0.6 is 0 Å². The molecule has 0 unspecified atom stereocenters. The van der Waals surface area contributed by atoms with E-state index in [4.69, 9.17) is 13.1 Å². The highest BCUT2D eigenvalue weighted by Crippen LogP contribution is 2.20. The minimum absolute atomic E-state index is 0.175. The molecule has 0 aliphatic rings. The van der Waals surface area contributed by atoms with Crippen molar-refractivity contribution in [3.05, 3.63) is 82.5 Å². The third kappa shape index (κ3) is 2.26. The first-order valence-electron chi connectivity index (χ1n) is 5.24. The predicted octanol–water partition coefficient (Wildman–Crippen LogP) is 4.02. The Morgan fingerprint density at radius 2 is 1.28 bits per heavy atom. The van der Waals surface area contributed by atoms with Gasteiger partial charge in [0.1, 0.15) is 0 Å². The maximum atomic E-state index is 12.2. The van der Waals surface area contributed by atoms with Crippen molar-refractivity contribution in [2.75, 3.05) is 0 Å². The number of carbonyl (C=O) groups excluding carboxylic acids is 1. The highest BCUT2D eigenvalue weighted by Gasteiger charge is 2.09. The Bertz CT molecular complexity index is 631. The van der Waals surface area contributed by atoms with Crippen LogP contribution in [0, 0.1) is 13.1 Å². The summed E-state index contributed by atoms with van der Waals surface area (Å²) < 4.78 is 0. The highest BCUT2D eigenvalue weighted by molar-refractivity contribution is 6.09. The molecular weight excluding hydrogens is 224 g/mol. The third-order valence-electron chi connectivity index (χ3n) is 2.47. The molecule has 0 amide bonds. The molecule has 0 aliphatic heterocycles. The quantitative estimate of drug-likeness (QED) is 0.567. The summed E-state index contributed by atoms with van der Waals surface area (Å²) >= 11 is 0. The summed E-state index contributed by atoms with van der Waals surface area (Å²) in [4.78, 5) is 18.8. The lowest BCUT2D eigenvalue weighted by atomic mass is 10.0. The zero-order valence-electron chi connectivity index (χ0n) is 9.42. The number of carbonyl (C=O) groups is 1. The Morgan fingerprint density at radius 1 is 0.833 bits per heavy atom. The molecule has 0 aromatic heterocycles. The first kappa shape index (κ1) is 11.6. The van der Waals surface area contributed by atoms with E-state index >= 15 is 0 Å². The molecule has 0 heterocycles. The summed E-state index contributed by atoms with van der Waals surface area (Å²) in [7, 11) is 0. The summed E-state index contributed by atoms with van der Waals surface area (Å²) in [5.41, 5.74) is 1.79. The molecule has 18 heavy (non-hydrogen) atoms. The molecule has 0 radical (unpaired) electrons. The van der Waals surface area contributed by atoms with Crippen LogP contribution < -0.4 is 0 Å². The number of ketones is 1. The van der Waals surface area contributed by atoms with Gasteiger partial charge in [-0.05, 0) is 12.1 Å². The van der Waals surface area contributed by atoms with Crippen LogP contribution in [0.25, 0.3) is 9.69 Å². The summed E-state index contributed by atoms with van der Waals surface area (Å²) in [6.07, 6.45) is 0. The van der Waals surface area contributed by atoms with Crippen molar-refractivity contribution >= 4 is 17.2 Å². The van der Waals surface area contributed by atoms with E-state index in [-0.39, 0.29) is 5.78 Å². The van der Waals surface area contributed by atoms with E-state index in [9.17, 15) is 4.79 Å². The Balaban J connectivity index is 2.42. The van der Waals surface area contributed by atoms with Crippen molar-refractivity contribution < 1.29 is 4.79 Å². The number of hydrogen-bond acceptors (Lipinski definition) is 1. The fourth-order valence-electron chi connectivity index (χ4n) is 1.60. The third-order valence-corrected chi connectivity index (χ3v) is 2.47. The van der Waals surface area contributed by atoms with Gasteiger partial charge in [0.15, 0.2) is 17.2 Å². The van der Waals surface area contributed by atoms with Crippen LogP contribution in [0.1, 0.15) is 15.9 Å². The fraction of sp³-hybridized carbons (Fsp3) is 0. The fourth-order valence-corrected chi connectivity index (χ4v) is 1.60. The molecule has 2 aromatic carbocycles. The van der Waals surface area contributed by atoms with Gasteiger partial charge in [-0.3, -0.25) is 4.79 Å². The van der Waals surface area contributed by atoms with E-state index in [0.29, 0.717) is 22.5 Å². The molecule has 0 saturated carbocycles. The van der Waals surface area contributed by atoms with Gasteiger partial charge < -0.3 is 0 Å². The average molecular weight is 232 g/mol. The van der Waals surface area contributed by atoms with Crippen LogP contribution in [-0.4, -0.2) is 5.78 Å². The number of hydrogen-bond donors (Lipinski definition) is 0. The minimum atomic E-state index is -0.175. The van der Waals surface area contributed by atoms with Gasteiger partial charge in [-0.25, -0.2) is 9.69 Å². The lowest BCUT2D eigenvalue weighted by Crippen LogP contribution is -2.00. The molecule has 0 fully saturated rings. The van der Waals surface area contributed by atoms with Gasteiger partial charge in [0.25, 0.3) is 0 Å². The second-order valence-corrected chi connectivity index (χ2v) is 3.65. The van der Waals surface area contributed by atoms with Gasteiger partial charge in [-0.15, -0.1) is 0 Å². The smallest absolute Gasteiger partial charge is 0.190 e. The zero-order valence-corrected chi connectivity index (χ0v) is 9.42.